The minimum absolute atomic E-state index is 0.227. The molecule has 1 N–H and O–H groups in total. The summed E-state index contributed by atoms with van der Waals surface area (Å²) < 4.78 is 0. The Morgan fingerprint density at radius 3 is 2.60 bits per heavy atom. The van der Waals surface area contributed by atoms with E-state index in [-0.39, 0.29) is 5.91 Å². The zero-order chi connectivity index (χ0) is 7.56. The number of carbonyl (C=O) groups is 1. The van der Waals surface area contributed by atoms with Crippen LogP contribution in [0.1, 0.15) is 26.2 Å². The molecule has 1 aliphatic rings. The average Bonchev–Trinajstić information content (AvgIpc) is 2.34. The molecule has 0 bridgehead atoms. The van der Waals surface area contributed by atoms with Crippen LogP contribution in [0.3, 0.4) is 0 Å². The highest BCUT2D eigenvalue weighted by Gasteiger charge is 2.28. The highest BCUT2D eigenvalue weighted by Crippen LogP contribution is 2.30. The Balaban J connectivity index is 2.46. The number of hydrogen-bond donors (Lipinski definition) is 1. The minimum atomic E-state index is 0.227. The third-order valence-corrected chi connectivity index (χ3v) is 2.44. The smallest absolute Gasteiger partial charge is 0.223 e. The molecule has 58 valence electrons. The number of rotatable bonds is 1. The number of amides is 1. The first-order valence-electron chi connectivity index (χ1n) is 3.97. The Labute approximate surface area is 62.0 Å². The second kappa shape index (κ2) is 3.04. The van der Waals surface area contributed by atoms with Crippen molar-refractivity contribution in [2.45, 2.75) is 26.2 Å². The van der Waals surface area contributed by atoms with Crippen molar-refractivity contribution < 1.29 is 4.79 Å². The maximum Gasteiger partial charge on any atom is 0.223 e. The SMILES string of the molecule is CNC(=O)[C@H]1CCC[C@@H]1C. The fraction of sp³-hybridized carbons (Fsp3) is 0.875. The Kier molecular flexibility index (Phi) is 2.30. The molecule has 1 saturated carbocycles. The molecule has 0 unspecified atom stereocenters. The van der Waals surface area contributed by atoms with Crippen LogP contribution < -0.4 is 5.32 Å². The molecule has 1 rings (SSSR count). The van der Waals surface area contributed by atoms with Crippen LogP contribution in [-0.2, 0) is 4.79 Å². The Morgan fingerprint density at radius 2 is 2.20 bits per heavy atom. The van der Waals surface area contributed by atoms with Gasteiger partial charge < -0.3 is 5.32 Å². The van der Waals surface area contributed by atoms with Crippen molar-refractivity contribution in [1.29, 1.82) is 0 Å². The lowest BCUT2D eigenvalue weighted by atomic mass is 9.97. The van der Waals surface area contributed by atoms with Gasteiger partial charge in [-0.3, -0.25) is 4.79 Å². The molecule has 0 aromatic rings. The maximum absolute atomic E-state index is 11.1. The lowest BCUT2D eigenvalue weighted by Crippen LogP contribution is -2.28. The van der Waals surface area contributed by atoms with Gasteiger partial charge in [0.05, 0.1) is 0 Å². The summed E-state index contributed by atoms with van der Waals surface area (Å²) in [6, 6.07) is 0. The quantitative estimate of drug-likeness (QED) is 0.583. The van der Waals surface area contributed by atoms with Gasteiger partial charge in [-0.25, -0.2) is 0 Å². The summed E-state index contributed by atoms with van der Waals surface area (Å²) in [5.41, 5.74) is 0. The fourth-order valence-electron chi connectivity index (χ4n) is 1.72. The molecule has 1 fully saturated rings. The van der Waals surface area contributed by atoms with E-state index in [1.807, 2.05) is 0 Å². The predicted octanol–water partition coefficient (Wildman–Crippen LogP) is 1.17. The largest absolute Gasteiger partial charge is 0.359 e. The van der Waals surface area contributed by atoms with Gasteiger partial charge >= 0.3 is 0 Å². The van der Waals surface area contributed by atoms with Crippen LogP contribution in [0.4, 0.5) is 0 Å². The van der Waals surface area contributed by atoms with E-state index < -0.39 is 0 Å². The normalized spacial score (nSPS) is 32.2. The summed E-state index contributed by atoms with van der Waals surface area (Å²) in [5.74, 6) is 1.12. The second-order valence-corrected chi connectivity index (χ2v) is 3.13. The first-order valence-corrected chi connectivity index (χ1v) is 3.97. The van der Waals surface area contributed by atoms with Crippen molar-refractivity contribution in [2.24, 2.45) is 11.8 Å². The molecule has 10 heavy (non-hydrogen) atoms. The lowest BCUT2D eigenvalue weighted by Gasteiger charge is -2.12. The van der Waals surface area contributed by atoms with E-state index in [4.69, 9.17) is 0 Å². The fourth-order valence-corrected chi connectivity index (χ4v) is 1.72. The first kappa shape index (κ1) is 7.58. The van der Waals surface area contributed by atoms with E-state index in [0.717, 1.165) is 6.42 Å². The van der Waals surface area contributed by atoms with Crippen molar-refractivity contribution in [1.82, 2.24) is 5.32 Å². The molecular weight excluding hydrogens is 126 g/mol. The maximum atomic E-state index is 11.1. The number of hydrogen-bond acceptors (Lipinski definition) is 1. The molecule has 2 heteroatoms. The summed E-state index contributed by atoms with van der Waals surface area (Å²) in [6.07, 6.45) is 3.53. The van der Waals surface area contributed by atoms with Crippen LogP contribution >= 0.6 is 0 Å². The van der Waals surface area contributed by atoms with Crippen LogP contribution in [0.25, 0.3) is 0 Å². The van der Waals surface area contributed by atoms with Gasteiger partial charge in [-0.1, -0.05) is 13.3 Å². The van der Waals surface area contributed by atoms with Gasteiger partial charge in [0.25, 0.3) is 0 Å². The van der Waals surface area contributed by atoms with Crippen LogP contribution in [0.5, 0.6) is 0 Å². The molecule has 1 aliphatic carbocycles. The van der Waals surface area contributed by atoms with Gasteiger partial charge in [0.2, 0.25) is 5.91 Å². The van der Waals surface area contributed by atoms with Crippen LogP contribution in [0, 0.1) is 11.8 Å². The standard InChI is InChI=1S/C8H15NO/c1-6-4-3-5-7(6)8(10)9-2/h6-7H,3-5H2,1-2H3,(H,9,10)/t6-,7-/m0/s1. The summed E-state index contributed by atoms with van der Waals surface area (Å²) in [5, 5.41) is 2.70. The molecule has 0 aromatic heterocycles. The zero-order valence-corrected chi connectivity index (χ0v) is 6.68. The molecule has 0 aromatic carbocycles. The summed E-state index contributed by atoms with van der Waals surface area (Å²) in [7, 11) is 1.72. The van der Waals surface area contributed by atoms with E-state index in [9.17, 15) is 4.79 Å². The molecule has 0 spiro atoms. The van der Waals surface area contributed by atoms with Crippen molar-refractivity contribution in [3.63, 3.8) is 0 Å². The lowest BCUT2D eigenvalue weighted by molar-refractivity contribution is -0.125. The van der Waals surface area contributed by atoms with Crippen molar-refractivity contribution in [3.05, 3.63) is 0 Å². The van der Waals surface area contributed by atoms with E-state index in [2.05, 4.69) is 12.2 Å². The van der Waals surface area contributed by atoms with Gasteiger partial charge in [0.1, 0.15) is 0 Å². The third kappa shape index (κ3) is 1.31. The van der Waals surface area contributed by atoms with Gasteiger partial charge in [0.15, 0.2) is 0 Å². The summed E-state index contributed by atoms with van der Waals surface area (Å²) in [4.78, 5) is 11.1. The molecule has 0 radical (unpaired) electrons. The Morgan fingerprint density at radius 1 is 1.50 bits per heavy atom. The van der Waals surface area contributed by atoms with Crippen molar-refractivity contribution >= 4 is 5.91 Å². The molecule has 2 atom stereocenters. The molecule has 0 aliphatic heterocycles. The van der Waals surface area contributed by atoms with E-state index >= 15 is 0 Å². The predicted molar refractivity (Wildman–Crippen MR) is 40.6 cm³/mol. The monoisotopic (exact) mass is 141 g/mol. The number of carbonyl (C=O) groups excluding carboxylic acids is 1. The van der Waals surface area contributed by atoms with Gasteiger partial charge in [0, 0.05) is 13.0 Å². The highest BCUT2D eigenvalue weighted by atomic mass is 16.1. The van der Waals surface area contributed by atoms with Crippen LogP contribution in [-0.4, -0.2) is 13.0 Å². The topological polar surface area (TPSA) is 29.1 Å². The zero-order valence-electron chi connectivity index (χ0n) is 6.68. The van der Waals surface area contributed by atoms with Crippen LogP contribution in [0.15, 0.2) is 0 Å². The molecular formula is C8H15NO. The van der Waals surface area contributed by atoms with Gasteiger partial charge in [-0.2, -0.15) is 0 Å². The Bertz CT molecular complexity index is 133. The second-order valence-electron chi connectivity index (χ2n) is 3.13. The average molecular weight is 141 g/mol. The van der Waals surface area contributed by atoms with Crippen LogP contribution in [0.2, 0.25) is 0 Å². The molecule has 0 saturated heterocycles. The first-order chi connectivity index (χ1) is 4.75. The molecule has 2 nitrogen and oxygen atoms in total. The summed E-state index contributed by atoms with van der Waals surface area (Å²) >= 11 is 0. The van der Waals surface area contributed by atoms with Gasteiger partial charge in [-0.05, 0) is 18.8 Å². The van der Waals surface area contributed by atoms with Crippen molar-refractivity contribution in [3.8, 4) is 0 Å². The van der Waals surface area contributed by atoms with Gasteiger partial charge in [-0.15, -0.1) is 0 Å². The highest BCUT2D eigenvalue weighted by molar-refractivity contribution is 5.78. The number of nitrogens with one attached hydrogen (secondary N) is 1. The van der Waals surface area contributed by atoms with E-state index in [0.29, 0.717) is 11.8 Å². The third-order valence-electron chi connectivity index (χ3n) is 2.44. The summed E-state index contributed by atoms with van der Waals surface area (Å²) in [6.45, 7) is 2.16. The minimum Gasteiger partial charge on any atom is -0.359 e. The van der Waals surface area contributed by atoms with E-state index in [1.54, 1.807) is 7.05 Å². The van der Waals surface area contributed by atoms with E-state index in [1.165, 1.54) is 12.8 Å². The van der Waals surface area contributed by atoms with Crippen molar-refractivity contribution in [2.75, 3.05) is 7.05 Å². The molecule has 0 heterocycles. The Hall–Kier alpha value is -0.530. The molecule has 1 amide bonds.